The molecule has 0 fully saturated rings. The van der Waals surface area contributed by atoms with Crippen LogP contribution < -0.4 is 5.32 Å². The van der Waals surface area contributed by atoms with Crippen LogP contribution in [-0.4, -0.2) is 5.91 Å². The Hall–Kier alpha value is -1.38. The van der Waals surface area contributed by atoms with Crippen LogP contribution >= 0.6 is 0 Å². The van der Waals surface area contributed by atoms with E-state index in [4.69, 9.17) is 0 Å². The van der Waals surface area contributed by atoms with E-state index in [0.29, 0.717) is 6.42 Å². The van der Waals surface area contributed by atoms with Crippen molar-refractivity contribution in [3.05, 3.63) is 36.8 Å². The van der Waals surface area contributed by atoms with Gasteiger partial charge in [0.05, 0.1) is 5.70 Å². The largest absolute Gasteiger partial charge is 0.324 e. The Balaban J connectivity index is 4.34. The molecule has 1 amide bonds. The Morgan fingerprint density at radius 3 is 2.58 bits per heavy atom. The van der Waals surface area contributed by atoms with Crippen LogP contribution in [0.3, 0.4) is 0 Å². The number of hydrogen-bond acceptors (Lipinski definition) is 1. The average molecular weight is 169 g/mol. The van der Waals surface area contributed by atoms with E-state index >= 15 is 0 Å². The van der Waals surface area contributed by atoms with Crippen LogP contribution in [0.15, 0.2) is 36.8 Å². The summed E-state index contributed by atoms with van der Waals surface area (Å²) in [5.74, 6) is -0.918. The molecule has 0 aliphatic heterocycles. The lowest BCUT2D eigenvalue weighted by molar-refractivity contribution is -0.120. The van der Waals surface area contributed by atoms with Crippen LogP contribution in [0.5, 0.6) is 0 Å². The molecule has 0 atom stereocenters. The molecule has 0 spiro atoms. The molecule has 0 aliphatic rings. The summed E-state index contributed by atoms with van der Waals surface area (Å²) in [6.45, 7) is 8.13. The zero-order chi connectivity index (χ0) is 9.56. The Bertz CT molecular complexity index is 231. The second-order valence-electron chi connectivity index (χ2n) is 2.12. The molecule has 2 nitrogen and oxygen atoms in total. The maximum absolute atomic E-state index is 12.5. The number of halogens is 1. The van der Waals surface area contributed by atoms with Crippen LogP contribution in [0.25, 0.3) is 0 Å². The highest BCUT2D eigenvalue weighted by atomic mass is 19.1. The third kappa shape index (κ3) is 3.71. The van der Waals surface area contributed by atoms with Crippen molar-refractivity contribution in [2.24, 2.45) is 0 Å². The van der Waals surface area contributed by atoms with Gasteiger partial charge in [0.1, 0.15) is 5.83 Å². The van der Waals surface area contributed by atoms with Crippen molar-refractivity contribution in [2.75, 3.05) is 0 Å². The van der Waals surface area contributed by atoms with E-state index in [0.717, 1.165) is 0 Å². The van der Waals surface area contributed by atoms with E-state index in [1.165, 1.54) is 12.2 Å². The molecule has 0 aliphatic carbocycles. The molecule has 0 heterocycles. The van der Waals surface area contributed by atoms with Crippen molar-refractivity contribution in [3.63, 3.8) is 0 Å². The lowest BCUT2D eigenvalue weighted by Gasteiger charge is -2.04. The molecule has 0 radical (unpaired) electrons. The van der Waals surface area contributed by atoms with E-state index in [1.54, 1.807) is 6.92 Å². The summed E-state index contributed by atoms with van der Waals surface area (Å²) < 4.78 is 12.5. The molecule has 0 aromatic carbocycles. The maximum atomic E-state index is 12.5. The van der Waals surface area contributed by atoms with Gasteiger partial charge in [-0.15, -0.1) is 0 Å². The minimum absolute atomic E-state index is 0.0665. The van der Waals surface area contributed by atoms with Crippen molar-refractivity contribution in [1.82, 2.24) is 5.32 Å². The fourth-order valence-electron chi connectivity index (χ4n) is 0.556. The summed E-state index contributed by atoms with van der Waals surface area (Å²) in [5, 5.41) is 2.34. The Kier molecular flexibility index (Phi) is 4.69. The standard InChI is InChI=1S/C9H12FNO/c1-4-6-8(7(3)10)11-9(12)5-2/h4,6H,1,3,5H2,2H3,(H,11,12)/b8-6+. The van der Waals surface area contributed by atoms with Gasteiger partial charge in [0, 0.05) is 6.42 Å². The molecule has 0 aromatic heterocycles. The first-order valence-corrected chi connectivity index (χ1v) is 3.59. The van der Waals surface area contributed by atoms with Crippen LogP contribution in [-0.2, 0) is 4.79 Å². The predicted molar refractivity (Wildman–Crippen MR) is 47.0 cm³/mol. The average Bonchev–Trinajstić information content (AvgIpc) is 2.03. The molecule has 0 saturated carbocycles. The minimum atomic E-state index is -0.670. The van der Waals surface area contributed by atoms with Gasteiger partial charge in [-0.25, -0.2) is 4.39 Å². The van der Waals surface area contributed by atoms with E-state index in [2.05, 4.69) is 18.5 Å². The fraction of sp³-hybridized carbons (Fsp3) is 0.222. The number of carbonyl (C=O) groups is 1. The number of nitrogens with one attached hydrogen (secondary N) is 1. The monoisotopic (exact) mass is 169 g/mol. The van der Waals surface area contributed by atoms with Crippen LogP contribution in [0.4, 0.5) is 4.39 Å². The zero-order valence-corrected chi connectivity index (χ0v) is 7.06. The first-order chi connectivity index (χ1) is 5.61. The normalized spacial score (nSPS) is 10.7. The van der Waals surface area contributed by atoms with Crippen molar-refractivity contribution < 1.29 is 9.18 Å². The summed E-state index contributed by atoms with van der Waals surface area (Å²) in [5.41, 5.74) is 0.0665. The lowest BCUT2D eigenvalue weighted by Crippen LogP contribution is -2.21. The van der Waals surface area contributed by atoms with Crippen molar-refractivity contribution in [3.8, 4) is 0 Å². The number of amides is 1. The summed E-state index contributed by atoms with van der Waals surface area (Å²) in [7, 11) is 0. The number of rotatable bonds is 4. The van der Waals surface area contributed by atoms with Crippen LogP contribution in [0, 0.1) is 0 Å². The number of allylic oxidation sites excluding steroid dienone is 3. The van der Waals surface area contributed by atoms with Gasteiger partial charge in [0.15, 0.2) is 0 Å². The smallest absolute Gasteiger partial charge is 0.224 e. The van der Waals surface area contributed by atoms with E-state index < -0.39 is 5.83 Å². The molecular formula is C9H12FNO. The first-order valence-electron chi connectivity index (χ1n) is 3.59. The zero-order valence-electron chi connectivity index (χ0n) is 7.06. The third-order valence-electron chi connectivity index (χ3n) is 1.17. The van der Waals surface area contributed by atoms with Gasteiger partial charge >= 0.3 is 0 Å². The second kappa shape index (κ2) is 5.29. The van der Waals surface area contributed by atoms with Crippen LogP contribution in [0.1, 0.15) is 13.3 Å². The first kappa shape index (κ1) is 10.6. The second-order valence-corrected chi connectivity index (χ2v) is 2.12. The fourth-order valence-corrected chi connectivity index (χ4v) is 0.556. The van der Waals surface area contributed by atoms with Gasteiger partial charge in [-0.1, -0.05) is 26.2 Å². The van der Waals surface area contributed by atoms with Gasteiger partial charge in [0.25, 0.3) is 0 Å². The van der Waals surface area contributed by atoms with Gasteiger partial charge in [-0.2, -0.15) is 0 Å². The quantitative estimate of drug-likeness (QED) is 0.641. The Labute approximate surface area is 71.5 Å². The van der Waals surface area contributed by atoms with Gasteiger partial charge in [-0.05, 0) is 6.08 Å². The summed E-state index contributed by atoms with van der Waals surface area (Å²) in [6.07, 6.45) is 3.05. The van der Waals surface area contributed by atoms with Crippen LogP contribution in [0.2, 0.25) is 0 Å². The van der Waals surface area contributed by atoms with E-state index in [1.807, 2.05) is 0 Å². The summed E-state index contributed by atoms with van der Waals surface area (Å²) >= 11 is 0. The highest BCUT2D eigenvalue weighted by Crippen LogP contribution is 2.05. The Morgan fingerprint density at radius 2 is 2.25 bits per heavy atom. The molecular weight excluding hydrogens is 157 g/mol. The minimum Gasteiger partial charge on any atom is -0.324 e. The highest BCUT2D eigenvalue weighted by molar-refractivity contribution is 5.78. The van der Waals surface area contributed by atoms with E-state index in [9.17, 15) is 9.18 Å². The molecule has 12 heavy (non-hydrogen) atoms. The SMILES string of the molecule is C=C/C=C(/NC(=O)CC)C(=C)F. The van der Waals surface area contributed by atoms with Crippen molar-refractivity contribution >= 4 is 5.91 Å². The van der Waals surface area contributed by atoms with Crippen molar-refractivity contribution in [2.45, 2.75) is 13.3 Å². The molecule has 1 N–H and O–H groups in total. The topological polar surface area (TPSA) is 29.1 Å². The highest BCUT2D eigenvalue weighted by Gasteiger charge is 2.03. The molecule has 0 rings (SSSR count). The van der Waals surface area contributed by atoms with Gasteiger partial charge < -0.3 is 5.32 Å². The molecule has 0 unspecified atom stereocenters. The molecule has 66 valence electrons. The summed E-state index contributed by atoms with van der Waals surface area (Å²) in [6, 6.07) is 0. The third-order valence-corrected chi connectivity index (χ3v) is 1.17. The van der Waals surface area contributed by atoms with Gasteiger partial charge in [0.2, 0.25) is 5.91 Å². The van der Waals surface area contributed by atoms with E-state index in [-0.39, 0.29) is 11.6 Å². The predicted octanol–water partition coefficient (Wildman–Crippen LogP) is 2.07. The molecule has 0 aromatic rings. The molecule has 3 heteroatoms. The Morgan fingerprint density at radius 1 is 1.67 bits per heavy atom. The lowest BCUT2D eigenvalue weighted by atomic mass is 10.3. The number of hydrogen-bond donors (Lipinski definition) is 1. The molecule has 0 bridgehead atoms. The van der Waals surface area contributed by atoms with Gasteiger partial charge in [-0.3, -0.25) is 4.79 Å². The molecule has 0 saturated heterocycles. The maximum Gasteiger partial charge on any atom is 0.224 e. The van der Waals surface area contributed by atoms with Crippen molar-refractivity contribution in [1.29, 1.82) is 0 Å². The summed E-state index contributed by atoms with van der Waals surface area (Å²) in [4.78, 5) is 10.8. The number of carbonyl (C=O) groups excluding carboxylic acids is 1.